The maximum absolute atomic E-state index is 12.9. The molecule has 2 aliphatic rings. The van der Waals surface area contributed by atoms with Crippen molar-refractivity contribution in [3.63, 3.8) is 0 Å². The molecule has 0 aliphatic carbocycles. The number of nitrogens with zero attached hydrogens (tertiary/aromatic N) is 4. The van der Waals surface area contributed by atoms with Gasteiger partial charge >= 0.3 is 6.18 Å². The molecule has 9 heteroatoms. The fraction of sp³-hybridized carbons (Fsp3) is 0.688. The van der Waals surface area contributed by atoms with Crippen LogP contribution in [0.4, 0.5) is 19.1 Å². The minimum atomic E-state index is -4.50. The Hall–Kier alpha value is -1.90. The molecule has 2 aliphatic heterocycles. The van der Waals surface area contributed by atoms with Gasteiger partial charge < -0.3 is 14.5 Å². The fourth-order valence-electron chi connectivity index (χ4n) is 3.11. The first-order valence-electron chi connectivity index (χ1n) is 8.43. The van der Waals surface area contributed by atoms with Crippen LogP contribution in [0.2, 0.25) is 0 Å². The minimum absolute atomic E-state index is 0.0273. The van der Waals surface area contributed by atoms with E-state index in [1.807, 2.05) is 0 Å². The summed E-state index contributed by atoms with van der Waals surface area (Å²) in [7, 11) is 0. The van der Waals surface area contributed by atoms with Gasteiger partial charge in [0.15, 0.2) is 0 Å². The quantitative estimate of drug-likeness (QED) is 0.810. The van der Waals surface area contributed by atoms with Crippen molar-refractivity contribution < 1.29 is 22.7 Å². The Morgan fingerprint density at radius 1 is 1.20 bits per heavy atom. The van der Waals surface area contributed by atoms with E-state index in [9.17, 15) is 18.0 Å². The van der Waals surface area contributed by atoms with E-state index in [-0.39, 0.29) is 23.7 Å². The summed E-state index contributed by atoms with van der Waals surface area (Å²) < 4.78 is 44.3. The summed E-state index contributed by atoms with van der Waals surface area (Å²) in [6, 6.07) is 0.934. The van der Waals surface area contributed by atoms with Crippen LogP contribution in [0.25, 0.3) is 0 Å². The van der Waals surface area contributed by atoms with Crippen molar-refractivity contribution in [3.05, 3.63) is 17.5 Å². The van der Waals surface area contributed by atoms with E-state index in [4.69, 9.17) is 4.74 Å². The van der Waals surface area contributed by atoms with Crippen molar-refractivity contribution in [2.75, 3.05) is 37.7 Å². The second kappa shape index (κ2) is 7.15. The smallest absolute Gasteiger partial charge is 0.368 e. The molecule has 1 unspecified atom stereocenters. The lowest BCUT2D eigenvalue weighted by molar-refractivity contribution is -0.146. The molecule has 25 heavy (non-hydrogen) atoms. The number of anilines is 1. The Morgan fingerprint density at radius 3 is 2.52 bits per heavy atom. The van der Waals surface area contributed by atoms with Crippen molar-refractivity contribution in [3.8, 4) is 0 Å². The van der Waals surface area contributed by atoms with Crippen LogP contribution in [0, 0.1) is 6.92 Å². The van der Waals surface area contributed by atoms with Crippen LogP contribution < -0.4 is 4.90 Å². The highest BCUT2D eigenvalue weighted by atomic mass is 19.4. The van der Waals surface area contributed by atoms with Crippen LogP contribution >= 0.6 is 0 Å². The van der Waals surface area contributed by atoms with Gasteiger partial charge in [0.05, 0.1) is 0 Å². The van der Waals surface area contributed by atoms with E-state index in [0.717, 1.165) is 25.3 Å². The Balaban J connectivity index is 1.64. The molecular formula is C16H21F3N4O2. The predicted octanol–water partition coefficient (Wildman–Crippen LogP) is 2.02. The maximum atomic E-state index is 12.9. The van der Waals surface area contributed by atoms with E-state index in [1.165, 1.54) is 6.92 Å². The van der Waals surface area contributed by atoms with Crippen molar-refractivity contribution in [1.82, 2.24) is 14.9 Å². The lowest BCUT2D eigenvalue weighted by Gasteiger charge is -2.37. The first-order chi connectivity index (χ1) is 11.8. The molecule has 3 rings (SSSR count). The van der Waals surface area contributed by atoms with Gasteiger partial charge in [-0.05, 0) is 32.3 Å². The monoisotopic (exact) mass is 358 g/mol. The summed E-state index contributed by atoms with van der Waals surface area (Å²) in [5, 5.41) is 0. The molecule has 1 atom stereocenters. The summed E-state index contributed by atoms with van der Waals surface area (Å²) in [6.45, 7) is 3.78. The zero-order valence-corrected chi connectivity index (χ0v) is 14.1. The Kier molecular flexibility index (Phi) is 5.12. The Labute approximate surface area is 144 Å². The molecule has 0 bridgehead atoms. The number of aryl methyl sites for hydroxylation is 1. The molecule has 2 fully saturated rings. The number of hydrogen-bond donors (Lipinski definition) is 0. The molecule has 138 valence electrons. The van der Waals surface area contributed by atoms with Crippen LogP contribution in [-0.2, 0) is 15.7 Å². The van der Waals surface area contributed by atoms with Crippen molar-refractivity contribution in [2.45, 2.75) is 38.5 Å². The number of piperazine rings is 1. The fourth-order valence-corrected chi connectivity index (χ4v) is 3.11. The van der Waals surface area contributed by atoms with E-state index in [2.05, 4.69) is 9.97 Å². The zero-order chi connectivity index (χ0) is 18.0. The summed E-state index contributed by atoms with van der Waals surface area (Å²) in [6.07, 6.45) is -2.20. The molecular weight excluding hydrogens is 337 g/mol. The molecule has 1 aromatic heterocycles. The third-order valence-corrected chi connectivity index (χ3v) is 4.46. The van der Waals surface area contributed by atoms with Crippen LogP contribution in [0.5, 0.6) is 0 Å². The van der Waals surface area contributed by atoms with E-state index in [1.54, 1.807) is 9.80 Å². The molecule has 1 amide bonds. The molecule has 2 saturated heterocycles. The van der Waals surface area contributed by atoms with Gasteiger partial charge in [0.2, 0.25) is 5.95 Å². The molecule has 6 nitrogen and oxygen atoms in total. The topological polar surface area (TPSA) is 58.6 Å². The number of carbonyl (C=O) groups is 1. The summed E-state index contributed by atoms with van der Waals surface area (Å²) in [5.41, 5.74) is -0.671. The SMILES string of the molecule is Cc1cc(C(F)(F)F)nc(N2CCN(C(=O)C3CCCCO3)CC2)n1. The Bertz CT molecular complexity index is 624. The van der Waals surface area contributed by atoms with Gasteiger partial charge in [-0.15, -0.1) is 0 Å². The highest BCUT2D eigenvalue weighted by Crippen LogP contribution is 2.29. The average molecular weight is 358 g/mol. The first kappa shape index (κ1) is 17.9. The second-order valence-corrected chi connectivity index (χ2v) is 6.36. The molecule has 3 heterocycles. The largest absolute Gasteiger partial charge is 0.433 e. The number of ether oxygens (including phenoxy) is 1. The van der Waals surface area contributed by atoms with E-state index >= 15 is 0 Å². The molecule has 0 saturated carbocycles. The van der Waals surface area contributed by atoms with E-state index in [0.29, 0.717) is 32.8 Å². The van der Waals surface area contributed by atoms with Gasteiger partial charge in [0.1, 0.15) is 11.8 Å². The average Bonchev–Trinajstić information content (AvgIpc) is 2.61. The number of halogens is 3. The molecule has 1 aromatic rings. The third kappa shape index (κ3) is 4.20. The van der Waals surface area contributed by atoms with Gasteiger partial charge in [-0.25, -0.2) is 9.97 Å². The van der Waals surface area contributed by atoms with Gasteiger partial charge in [-0.3, -0.25) is 4.79 Å². The number of hydrogen-bond acceptors (Lipinski definition) is 5. The first-order valence-corrected chi connectivity index (χ1v) is 8.43. The van der Waals surface area contributed by atoms with Crippen molar-refractivity contribution in [2.24, 2.45) is 0 Å². The Morgan fingerprint density at radius 2 is 1.92 bits per heavy atom. The predicted molar refractivity (Wildman–Crippen MR) is 84.2 cm³/mol. The lowest BCUT2D eigenvalue weighted by atomic mass is 10.1. The molecule has 0 radical (unpaired) electrons. The number of carbonyl (C=O) groups excluding carboxylic acids is 1. The maximum Gasteiger partial charge on any atom is 0.433 e. The van der Waals surface area contributed by atoms with Gasteiger partial charge in [-0.2, -0.15) is 13.2 Å². The van der Waals surface area contributed by atoms with Gasteiger partial charge in [-0.1, -0.05) is 0 Å². The van der Waals surface area contributed by atoms with E-state index < -0.39 is 11.9 Å². The number of amides is 1. The van der Waals surface area contributed by atoms with Crippen molar-refractivity contribution in [1.29, 1.82) is 0 Å². The van der Waals surface area contributed by atoms with Gasteiger partial charge in [0, 0.05) is 38.5 Å². The van der Waals surface area contributed by atoms with Crippen LogP contribution in [0.1, 0.15) is 30.7 Å². The molecule has 0 aromatic carbocycles. The highest BCUT2D eigenvalue weighted by Gasteiger charge is 2.35. The molecule has 0 spiro atoms. The standard InChI is InChI=1S/C16H21F3N4O2/c1-11-10-13(16(17,18)19)21-15(20-11)23-7-5-22(6-8-23)14(24)12-4-2-3-9-25-12/h10,12H,2-9H2,1H3. The summed E-state index contributed by atoms with van der Waals surface area (Å²) >= 11 is 0. The number of rotatable bonds is 2. The number of alkyl halides is 3. The minimum Gasteiger partial charge on any atom is -0.368 e. The van der Waals surface area contributed by atoms with Crippen LogP contribution in [-0.4, -0.2) is 59.7 Å². The van der Waals surface area contributed by atoms with Gasteiger partial charge in [0.25, 0.3) is 5.91 Å². The molecule has 0 N–H and O–H groups in total. The lowest BCUT2D eigenvalue weighted by Crippen LogP contribution is -2.52. The van der Waals surface area contributed by atoms with Crippen LogP contribution in [0.15, 0.2) is 6.07 Å². The second-order valence-electron chi connectivity index (χ2n) is 6.36. The zero-order valence-electron chi connectivity index (χ0n) is 14.1. The third-order valence-electron chi connectivity index (χ3n) is 4.46. The normalized spacial score (nSPS) is 22.2. The van der Waals surface area contributed by atoms with Crippen molar-refractivity contribution >= 4 is 11.9 Å². The summed E-state index contributed by atoms with van der Waals surface area (Å²) in [4.78, 5) is 23.6. The number of aromatic nitrogens is 2. The highest BCUT2D eigenvalue weighted by molar-refractivity contribution is 5.81. The summed E-state index contributed by atoms with van der Waals surface area (Å²) in [5.74, 6) is 0.0360. The van der Waals surface area contributed by atoms with Crippen LogP contribution in [0.3, 0.4) is 0 Å².